The molecule has 0 aliphatic carbocycles. The van der Waals surface area contributed by atoms with Crippen LogP contribution in [0.2, 0.25) is 0 Å². The van der Waals surface area contributed by atoms with Crippen LogP contribution in [0.5, 0.6) is 0 Å². The van der Waals surface area contributed by atoms with Crippen molar-refractivity contribution in [3.8, 4) is 0 Å². The topological polar surface area (TPSA) is 27.7 Å². The van der Waals surface area contributed by atoms with E-state index in [0.29, 0.717) is 5.46 Å². The minimum absolute atomic E-state index is 0.0581. The Morgan fingerprint density at radius 2 is 0.909 bits per heavy atom. The van der Waals surface area contributed by atoms with Crippen molar-refractivity contribution >= 4 is 37.7 Å². The van der Waals surface area contributed by atoms with Crippen LogP contribution in [0.1, 0.15) is 16.7 Å². The molecule has 1 fully saturated rings. The molecule has 0 saturated carbocycles. The van der Waals surface area contributed by atoms with Crippen LogP contribution in [-0.4, -0.2) is 21.4 Å². The van der Waals surface area contributed by atoms with Crippen molar-refractivity contribution in [2.45, 2.75) is 19.3 Å². The highest BCUT2D eigenvalue weighted by Crippen LogP contribution is 2.29. The largest absolute Gasteiger partial charge is 0.467 e. The molecule has 4 rings (SSSR count). The summed E-state index contributed by atoms with van der Waals surface area (Å²) < 4.78 is 96.5. The molecular formula is C21H15B3F6O3. The zero-order valence-electron chi connectivity index (χ0n) is 17.2. The average Bonchev–Trinajstić information content (AvgIpc) is 2.78. The number of benzene rings is 3. The molecule has 1 saturated heterocycles. The SMILES string of the molecule is Cc1cccc(B2OB(c3cccc(C(F)(F)F)c3)OB(c3cccc(C(F)(F)F)c3)O2)c1. The molecule has 3 aromatic carbocycles. The lowest BCUT2D eigenvalue weighted by Crippen LogP contribution is -2.61. The quantitative estimate of drug-likeness (QED) is 0.441. The average molecular weight is 462 g/mol. The van der Waals surface area contributed by atoms with Crippen molar-refractivity contribution in [1.29, 1.82) is 0 Å². The molecule has 0 spiro atoms. The summed E-state index contributed by atoms with van der Waals surface area (Å²) in [5.74, 6) is 0. The highest BCUT2D eigenvalue weighted by molar-refractivity contribution is 6.87. The van der Waals surface area contributed by atoms with Gasteiger partial charge in [-0.05, 0) is 23.3 Å². The Morgan fingerprint density at radius 3 is 1.27 bits per heavy atom. The first-order valence-electron chi connectivity index (χ1n) is 9.88. The van der Waals surface area contributed by atoms with Crippen molar-refractivity contribution in [3.63, 3.8) is 0 Å². The van der Waals surface area contributed by atoms with Crippen molar-refractivity contribution in [2.24, 2.45) is 0 Å². The zero-order valence-corrected chi connectivity index (χ0v) is 17.2. The molecule has 168 valence electrons. The lowest BCUT2D eigenvalue weighted by atomic mass is 9.61. The Bertz CT molecular complexity index is 1070. The number of hydrogen-bond acceptors (Lipinski definition) is 3. The third-order valence-corrected chi connectivity index (χ3v) is 5.03. The van der Waals surface area contributed by atoms with E-state index in [9.17, 15) is 26.3 Å². The number of hydrogen-bond donors (Lipinski definition) is 0. The van der Waals surface area contributed by atoms with E-state index in [2.05, 4.69) is 0 Å². The second kappa shape index (κ2) is 8.93. The van der Waals surface area contributed by atoms with Crippen LogP contribution in [0.4, 0.5) is 26.3 Å². The predicted molar refractivity (Wildman–Crippen MR) is 113 cm³/mol. The predicted octanol–water partition coefficient (Wildman–Crippen LogP) is 3.58. The second-order valence-corrected chi connectivity index (χ2v) is 7.56. The molecular weight excluding hydrogens is 447 g/mol. The van der Waals surface area contributed by atoms with E-state index in [1.807, 2.05) is 13.0 Å². The normalized spacial score (nSPS) is 15.2. The minimum Gasteiger partial charge on any atom is -0.445 e. The van der Waals surface area contributed by atoms with Crippen molar-refractivity contribution in [1.82, 2.24) is 0 Å². The minimum atomic E-state index is -4.59. The highest BCUT2D eigenvalue weighted by Gasteiger charge is 2.45. The van der Waals surface area contributed by atoms with E-state index < -0.39 is 44.8 Å². The number of halogens is 6. The summed E-state index contributed by atoms with van der Waals surface area (Å²) in [5, 5.41) is 0. The molecule has 0 unspecified atom stereocenters. The maximum atomic E-state index is 13.2. The van der Waals surface area contributed by atoms with Crippen LogP contribution in [0.3, 0.4) is 0 Å². The summed E-state index contributed by atoms with van der Waals surface area (Å²) in [4.78, 5) is 0. The third kappa shape index (κ3) is 5.46. The van der Waals surface area contributed by atoms with Crippen molar-refractivity contribution < 1.29 is 40.1 Å². The second-order valence-electron chi connectivity index (χ2n) is 7.56. The molecule has 3 aromatic rings. The Balaban J connectivity index is 1.72. The fraction of sp³-hybridized carbons (Fsp3) is 0.143. The fourth-order valence-electron chi connectivity index (χ4n) is 3.44. The monoisotopic (exact) mass is 462 g/mol. The highest BCUT2D eigenvalue weighted by atomic mass is 19.4. The fourth-order valence-corrected chi connectivity index (χ4v) is 3.44. The molecule has 0 atom stereocenters. The van der Waals surface area contributed by atoms with Crippen LogP contribution in [-0.2, 0) is 26.1 Å². The van der Waals surface area contributed by atoms with Gasteiger partial charge >= 0.3 is 33.7 Å². The first kappa shape index (κ1) is 23.5. The van der Waals surface area contributed by atoms with Crippen LogP contribution in [0, 0.1) is 6.92 Å². The number of alkyl halides is 6. The molecule has 3 nitrogen and oxygen atoms in total. The lowest BCUT2D eigenvalue weighted by molar-refractivity contribution is -0.138. The maximum absolute atomic E-state index is 13.2. The smallest absolute Gasteiger partial charge is 0.445 e. The summed E-state index contributed by atoms with van der Waals surface area (Å²) in [7, 11) is -3.71. The van der Waals surface area contributed by atoms with E-state index >= 15 is 0 Å². The number of rotatable bonds is 3. The van der Waals surface area contributed by atoms with E-state index in [1.54, 1.807) is 18.2 Å². The summed E-state index contributed by atoms with van der Waals surface area (Å²) in [6, 6.07) is 15.8. The van der Waals surface area contributed by atoms with Gasteiger partial charge in [-0.25, -0.2) is 0 Å². The first-order valence-corrected chi connectivity index (χ1v) is 9.88. The van der Waals surface area contributed by atoms with Gasteiger partial charge in [0.25, 0.3) is 0 Å². The van der Waals surface area contributed by atoms with Crippen LogP contribution in [0.15, 0.2) is 72.8 Å². The van der Waals surface area contributed by atoms with Gasteiger partial charge in [-0.1, -0.05) is 78.4 Å². The molecule has 1 aliphatic rings. The third-order valence-electron chi connectivity index (χ3n) is 5.03. The standard InChI is InChI=1S/C21H15B3F6O3/c1-14-5-2-8-17(11-14)22-31-23(18-9-3-6-15(12-18)20(25,26)27)33-24(32-22)19-10-4-7-16(13-19)21(28,29)30/h2-13H,1H3. The summed E-state index contributed by atoms with van der Waals surface area (Å²) in [6.07, 6.45) is -9.17. The molecule has 0 N–H and O–H groups in total. The lowest BCUT2D eigenvalue weighted by Gasteiger charge is -2.32. The van der Waals surface area contributed by atoms with Crippen molar-refractivity contribution in [2.75, 3.05) is 0 Å². The molecule has 0 bridgehead atoms. The zero-order chi connectivity index (χ0) is 23.8. The van der Waals surface area contributed by atoms with E-state index in [0.717, 1.165) is 29.8 Å². The van der Waals surface area contributed by atoms with Gasteiger partial charge in [-0.2, -0.15) is 26.3 Å². The molecule has 0 aromatic heterocycles. The molecule has 33 heavy (non-hydrogen) atoms. The Labute approximate surface area is 187 Å². The Kier molecular flexibility index (Phi) is 6.35. The molecule has 0 radical (unpaired) electrons. The van der Waals surface area contributed by atoms with Gasteiger partial charge in [0.1, 0.15) is 0 Å². The first-order chi connectivity index (χ1) is 15.5. The summed E-state index contributed by atoms with van der Waals surface area (Å²) in [5.41, 5.74) is -0.266. The van der Waals surface area contributed by atoms with Crippen LogP contribution >= 0.6 is 0 Å². The Hall–Kier alpha value is -2.69. The van der Waals surface area contributed by atoms with Gasteiger partial charge in [-0.3, -0.25) is 0 Å². The molecule has 1 heterocycles. The molecule has 12 heteroatoms. The van der Waals surface area contributed by atoms with Gasteiger partial charge in [-0.15, -0.1) is 0 Å². The van der Waals surface area contributed by atoms with Gasteiger partial charge in [0.05, 0.1) is 11.1 Å². The Morgan fingerprint density at radius 1 is 0.545 bits per heavy atom. The van der Waals surface area contributed by atoms with Gasteiger partial charge in [0.2, 0.25) is 0 Å². The van der Waals surface area contributed by atoms with Gasteiger partial charge in [0.15, 0.2) is 0 Å². The summed E-state index contributed by atoms with van der Waals surface area (Å²) >= 11 is 0. The van der Waals surface area contributed by atoms with Crippen LogP contribution in [0.25, 0.3) is 0 Å². The van der Waals surface area contributed by atoms with E-state index in [-0.39, 0.29) is 10.9 Å². The summed E-state index contributed by atoms with van der Waals surface area (Å²) in [6.45, 7) is 1.83. The van der Waals surface area contributed by atoms with E-state index in [1.165, 1.54) is 24.3 Å². The van der Waals surface area contributed by atoms with Crippen molar-refractivity contribution in [3.05, 3.63) is 89.5 Å². The van der Waals surface area contributed by atoms with E-state index in [4.69, 9.17) is 13.7 Å². The molecule has 1 aliphatic heterocycles. The molecule has 0 amide bonds. The van der Waals surface area contributed by atoms with Crippen LogP contribution < -0.4 is 16.4 Å². The maximum Gasteiger partial charge on any atom is 0.467 e. The van der Waals surface area contributed by atoms with Gasteiger partial charge < -0.3 is 13.7 Å². The van der Waals surface area contributed by atoms with Gasteiger partial charge in [0, 0.05) is 0 Å². The number of aryl methyl sites for hydroxylation is 1.